The summed E-state index contributed by atoms with van der Waals surface area (Å²) in [5.74, 6) is 1.45. The van der Waals surface area contributed by atoms with Gasteiger partial charge in [-0.1, -0.05) is 37.3 Å². The van der Waals surface area contributed by atoms with Crippen molar-refractivity contribution >= 4 is 17.3 Å². The van der Waals surface area contributed by atoms with Crippen LogP contribution >= 0.6 is 11.6 Å². The topological polar surface area (TPSA) is 46.9 Å². The van der Waals surface area contributed by atoms with Crippen LogP contribution in [-0.4, -0.2) is 16.3 Å². The van der Waals surface area contributed by atoms with Gasteiger partial charge < -0.3 is 5.32 Å². The van der Waals surface area contributed by atoms with Gasteiger partial charge in [-0.3, -0.25) is 4.79 Å². The van der Waals surface area contributed by atoms with Crippen LogP contribution in [0, 0.1) is 11.8 Å². The van der Waals surface area contributed by atoms with E-state index in [-0.39, 0.29) is 5.56 Å². The molecule has 3 rings (SSSR count). The summed E-state index contributed by atoms with van der Waals surface area (Å²) in [7, 11) is 0. The third-order valence-corrected chi connectivity index (χ3v) is 5.02. The Kier molecular flexibility index (Phi) is 4.29. The molecule has 0 spiro atoms. The fourth-order valence-corrected chi connectivity index (χ4v) is 3.05. The molecule has 0 radical (unpaired) electrons. The van der Waals surface area contributed by atoms with E-state index in [1.54, 1.807) is 10.9 Å². The van der Waals surface area contributed by atoms with Crippen LogP contribution in [0.2, 0.25) is 5.02 Å². The zero-order chi connectivity index (χ0) is 13.9. The monoisotopic (exact) mass is 295 g/mol. The zero-order valence-electron chi connectivity index (χ0n) is 11.8. The van der Waals surface area contributed by atoms with E-state index in [0.29, 0.717) is 16.6 Å². The molecule has 2 fully saturated rings. The van der Waals surface area contributed by atoms with E-state index >= 15 is 0 Å². The van der Waals surface area contributed by atoms with Gasteiger partial charge in [0.05, 0.1) is 11.2 Å². The van der Waals surface area contributed by atoms with Crippen molar-refractivity contribution in [3.05, 3.63) is 21.6 Å². The maximum absolute atomic E-state index is 12.4. The molecule has 0 aliphatic heterocycles. The average molecular weight is 296 g/mol. The average Bonchev–Trinajstić information content (AvgIpc) is 2.32. The Morgan fingerprint density at radius 3 is 2.55 bits per heavy atom. The van der Waals surface area contributed by atoms with Crippen molar-refractivity contribution in [1.29, 1.82) is 0 Å². The molecule has 1 aromatic heterocycles. The maximum Gasteiger partial charge on any atom is 0.291 e. The van der Waals surface area contributed by atoms with Gasteiger partial charge in [0.1, 0.15) is 5.69 Å². The van der Waals surface area contributed by atoms with Gasteiger partial charge in [0, 0.05) is 13.1 Å². The molecule has 0 saturated heterocycles. The third-order valence-electron chi connectivity index (χ3n) is 4.73. The molecular formula is C15H22ClN3O. The van der Waals surface area contributed by atoms with Crippen molar-refractivity contribution in [2.24, 2.45) is 11.8 Å². The predicted octanol–water partition coefficient (Wildman–Crippen LogP) is 3.30. The molecule has 4 nitrogen and oxygen atoms in total. The molecule has 0 unspecified atom stereocenters. The summed E-state index contributed by atoms with van der Waals surface area (Å²) in [5, 5.41) is 7.83. The summed E-state index contributed by atoms with van der Waals surface area (Å²) in [6.07, 6.45) is 10.4. The molecule has 0 bridgehead atoms. The first-order valence-electron chi connectivity index (χ1n) is 7.73. The van der Waals surface area contributed by atoms with E-state index in [1.807, 2.05) is 0 Å². The van der Waals surface area contributed by atoms with Crippen LogP contribution in [0.1, 0.15) is 44.9 Å². The molecule has 1 N–H and O–H groups in total. The highest BCUT2D eigenvalue weighted by Crippen LogP contribution is 2.29. The van der Waals surface area contributed by atoms with Crippen molar-refractivity contribution in [2.75, 3.05) is 11.9 Å². The van der Waals surface area contributed by atoms with Crippen LogP contribution in [0.5, 0.6) is 0 Å². The van der Waals surface area contributed by atoms with Crippen molar-refractivity contribution in [2.45, 2.75) is 51.5 Å². The molecular weight excluding hydrogens is 274 g/mol. The number of halogens is 1. The minimum atomic E-state index is -0.0713. The zero-order valence-corrected chi connectivity index (χ0v) is 12.5. The second-order valence-electron chi connectivity index (χ2n) is 6.16. The van der Waals surface area contributed by atoms with Gasteiger partial charge in [-0.05, 0) is 31.1 Å². The number of aromatic nitrogens is 2. The molecule has 1 heterocycles. The third kappa shape index (κ3) is 3.00. The van der Waals surface area contributed by atoms with Gasteiger partial charge in [0.2, 0.25) is 0 Å². The predicted molar refractivity (Wildman–Crippen MR) is 81.3 cm³/mol. The van der Waals surface area contributed by atoms with Gasteiger partial charge in [0.15, 0.2) is 0 Å². The molecule has 5 heteroatoms. The molecule has 0 aromatic carbocycles. The van der Waals surface area contributed by atoms with E-state index in [4.69, 9.17) is 11.6 Å². The lowest BCUT2D eigenvalue weighted by Crippen LogP contribution is -2.31. The Morgan fingerprint density at radius 1 is 1.25 bits per heavy atom. The maximum atomic E-state index is 12.4. The number of nitrogens with one attached hydrogen (secondary N) is 1. The van der Waals surface area contributed by atoms with E-state index in [0.717, 1.165) is 25.4 Å². The normalized spacial score (nSPS) is 19.4. The molecule has 110 valence electrons. The summed E-state index contributed by atoms with van der Waals surface area (Å²) < 4.78 is 1.57. The van der Waals surface area contributed by atoms with Gasteiger partial charge in [-0.15, -0.1) is 0 Å². The fraction of sp³-hybridized carbons (Fsp3) is 0.733. The summed E-state index contributed by atoms with van der Waals surface area (Å²) >= 11 is 6.11. The summed E-state index contributed by atoms with van der Waals surface area (Å²) in [5.41, 5.74) is 0.457. The Labute approximate surface area is 124 Å². The number of hydrogen-bond acceptors (Lipinski definition) is 3. The molecule has 20 heavy (non-hydrogen) atoms. The SMILES string of the molecule is O=c1c(NCCC2CCC2)c(Cl)cnn1CC1CCC1. The minimum Gasteiger partial charge on any atom is -0.379 e. The molecule has 1 aromatic rings. The van der Waals surface area contributed by atoms with E-state index in [1.165, 1.54) is 38.5 Å². The van der Waals surface area contributed by atoms with Gasteiger partial charge in [-0.25, -0.2) is 4.68 Å². The standard InChI is InChI=1S/C15H22ClN3O/c16-13-9-18-19(10-12-5-2-6-12)15(20)14(13)17-8-7-11-3-1-4-11/h9,11-12,17H,1-8,10H2. The Hall–Kier alpha value is -1.03. The molecule has 2 aliphatic rings. The van der Waals surface area contributed by atoms with E-state index in [2.05, 4.69) is 10.4 Å². The number of nitrogens with zero attached hydrogens (tertiary/aromatic N) is 2. The Balaban J connectivity index is 1.64. The van der Waals surface area contributed by atoms with Crippen LogP contribution < -0.4 is 10.9 Å². The van der Waals surface area contributed by atoms with Gasteiger partial charge in [0.25, 0.3) is 5.56 Å². The van der Waals surface area contributed by atoms with E-state index < -0.39 is 0 Å². The van der Waals surface area contributed by atoms with Crippen LogP contribution in [-0.2, 0) is 6.54 Å². The quantitative estimate of drug-likeness (QED) is 0.876. The summed E-state index contributed by atoms with van der Waals surface area (Å²) in [4.78, 5) is 12.4. The lowest BCUT2D eigenvalue weighted by Gasteiger charge is -2.26. The number of hydrogen-bond donors (Lipinski definition) is 1. The largest absolute Gasteiger partial charge is 0.379 e. The highest BCUT2D eigenvalue weighted by molar-refractivity contribution is 6.32. The lowest BCUT2D eigenvalue weighted by molar-refractivity contribution is 0.262. The van der Waals surface area contributed by atoms with Gasteiger partial charge in [-0.2, -0.15) is 5.10 Å². The van der Waals surface area contributed by atoms with Crippen molar-refractivity contribution < 1.29 is 0 Å². The van der Waals surface area contributed by atoms with Gasteiger partial charge >= 0.3 is 0 Å². The molecule has 0 atom stereocenters. The van der Waals surface area contributed by atoms with Crippen molar-refractivity contribution in [3.8, 4) is 0 Å². The smallest absolute Gasteiger partial charge is 0.291 e. The van der Waals surface area contributed by atoms with Crippen molar-refractivity contribution in [3.63, 3.8) is 0 Å². The number of rotatable bonds is 6. The first-order chi connectivity index (χ1) is 9.74. The van der Waals surface area contributed by atoms with Crippen molar-refractivity contribution in [1.82, 2.24) is 9.78 Å². The Bertz CT molecular complexity index is 520. The summed E-state index contributed by atoms with van der Waals surface area (Å²) in [6, 6.07) is 0. The Morgan fingerprint density at radius 2 is 1.95 bits per heavy atom. The second-order valence-corrected chi connectivity index (χ2v) is 6.57. The summed E-state index contributed by atoms with van der Waals surface area (Å²) in [6.45, 7) is 1.56. The highest BCUT2D eigenvalue weighted by atomic mass is 35.5. The van der Waals surface area contributed by atoms with Crippen LogP contribution in [0.15, 0.2) is 11.0 Å². The first kappa shape index (κ1) is 13.9. The van der Waals surface area contributed by atoms with Crippen LogP contribution in [0.3, 0.4) is 0 Å². The fourth-order valence-electron chi connectivity index (χ4n) is 2.86. The second kappa shape index (κ2) is 6.17. The highest BCUT2D eigenvalue weighted by Gasteiger charge is 2.21. The molecule has 2 saturated carbocycles. The first-order valence-corrected chi connectivity index (χ1v) is 8.11. The lowest BCUT2D eigenvalue weighted by atomic mass is 9.83. The number of anilines is 1. The molecule has 0 amide bonds. The van der Waals surface area contributed by atoms with Crippen LogP contribution in [0.25, 0.3) is 0 Å². The van der Waals surface area contributed by atoms with E-state index in [9.17, 15) is 4.79 Å². The molecule has 2 aliphatic carbocycles. The van der Waals surface area contributed by atoms with Crippen LogP contribution in [0.4, 0.5) is 5.69 Å². The minimum absolute atomic E-state index is 0.0713.